The third-order valence-corrected chi connectivity index (χ3v) is 3.61. The molecule has 0 aliphatic heterocycles. The highest BCUT2D eigenvalue weighted by Gasteiger charge is 2.22. The number of nitrogens with one attached hydrogen (secondary N) is 1. The van der Waals surface area contributed by atoms with Gasteiger partial charge >= 0.3 is 0 Å². The van der Waals surface area contributed by atoms with Crippen molar-refractivity contribution in [1.82, 2.24) is 5.32 Å². The van der Waals surface area contributed by atoms with Crippen molar-refractivity contribution in [2.75, 3.05) is 6.54 Å². The highest BCUT2D eigenvalue weighted by Crippen LogP contribution is 2.23. The molecule has 15 heavy (non-hydrogen) atoms. The molecule has 0 aromatic carbocycles. The SMILES string of the molecule is CCC(C)CNC1CCCCCC1C#N. The Morgan fingerprint density at radius 3 is 2.73 bits per heavy atom. The van der Waals surface area contributed by atoms with Crippen molar-refractivity contribution in [2.45, 2.75) is 58.4 Å². The van der Waals surface area contributed by atoms with Crippen LogP contribution >= 0.6 is 0 Å². The van der Waals surface area contributed by atoms with E-state index in [0.29, 0.717) is 6.04 Å². The van der Waals surface area contributed by atoms with E-state index in [1.54, 1.807) is 0 Å². The molecule has 1 saturated carbocycles. The minimum absolute atomic E-state index is 0.247. The molecule has 0 aromatic rings. The van der Waals surface area contributed by atoms with E-state index >= 15 is 0 Å². The van der Waals surface area contributed by atoms with Gasteiger partial charge in [0.2, 0.25) is 0 Å². The standard InChI is InChI=1S/C13H24N2/c1-3-11(2)10-15-13-8-6-4-5-7-12(13)9-14/h11-13,15H,3-8,10H2,1-2H3. The van der Waals surface area contributed by atoms with Gasteiger partial charge in [0.05, 0.1) is 12.0 Å². The number of nitriles is 1. The maximum Gasteiger partial charge on any atom is 0.0672 e. The van der Waals surface area contributed by atoms with Crippen molar-refractivity contribution in [2.24, 2.45) is 11.8 Å². The van der Waals surface area contributed by atoms with Crippen LogP contribution in [0.4, 0.5) is 0 Å². The Morgan fingerprint density at radius 2 is 2.07 bits per heavy atom. The minimum atomic E-state index is 0.247. The van der Waals surface area contributed by atoms with Crippen LogP contribution in [0.15, 0.2) is 0 Å². The number of hydrogen-bond acceptors (Lipinski definition) is 2. The van der Waals surface area contributed by atoms with Crippen LogP contribution in [0.2, 0.25) is 0 Å². The number of nitrogens with zero attached hydrogens (tertiary/aromatic N) is 1. The summed E-state index contributed by atoms with van der Waals surface area (Å²) in [6, 6.07) is 2.92. The predicted octanol–water partition coefficient (Wildman–Crippen LogP) is 3.09. The van der Waals surface area contributed by atoms with E-state index < -0.39 is 0 Å². The summed E-state index contributed by atoms with van der Waals surface area (Å²) in [6.45, 7) is 5.56. The quantitative estimate of drug-likeness (QED) is 0.721. The molecule has 0 amide bonds. The molecule has 0 aromatic heterocycles. The Hall–Kier alpha value is -0.550. The Bertz CT molecular complexity index is 207. The Balaban J connectivity index is 2.38. The van der Waals surface area contributed by atoms with Crippen molar-refractivity contribution < 1.29 is 0 Å². The van der Waals surface area contributed by atoms with Crippen molar-refractivity contribution >= 4 is 0 Å². The van der Waals surface area contributed by atoms with Crippen LogP contribution in [0.5, 0.6) is 0 Å². The van der Waals surface area contributed by atoms with Gasteiger partial charge in [-0.3, -0.25) is 0 Å². The van der Waals surface area contributed by atoms with E-state index in [1.165, 1.54) is 32.1 Å². The Morgan fingerprint density at radius 1 is 1.33 bits per heavy atom. The van der Waals surface area contributed by atoms with Crippen molar-refractivity contribution in [1.29, 1.82) is 5.26 Å². The number of hydrogen-bond donors (Lipinski definition) is 1. The van der Waals surface area contributed by atoms with Crippen LogP contribution in [0, 0.1) is 23.2 Å². The second-order valence-electron chi connectivity index (χ2n) is 4.90. The van der Waals surface area contributed by atoms with Gasteiger partial charge in [-0.15, -0.1) is 0 Å². The topological polar surface area (TPSA) is 35.8 Å². The highest BCUT2D eigenvalue weighted by atomic mass is 14.9. The first-order chi connectivity index (χ1) is 7.27. The molecule has 0 radical (unpaired) electrons. The maximum atomic E-state index is 9.12. The zero-order valence-electron chi connectivity index (χ0n) is 10.1. The lowest BCUT2D eigenvalue weighted by molar-refractivity contribution is 0.363. The maximum absolute atomic E-state index is 9.12. The second kappa shape index (κ2) is 6.85. The fraction of sp³-hybridized carbons (Fsp3) is 0.923. The molecule has 3 unspecified atom stereocenters. The van der Waals surface area contributed by atoms with Crippen molar-refractivity contribution in [3.05, 3.63) is 0 Å². The zero-order valence-corrected chi connectivity index (χ0v) is 10.1. The molecule has 0 bridgehead atoms. The predicted molar refractivity (Wildman–Crippen MR) is 63.4 cm³/mol. The molecule has 1 N–H and O–H groups in total. The normalized spacial score (nSPS) is 29.1. The van der Waals surface area contributed by atoms with Gasteiger partial charge in [-0.05, 0) is 25.3 Å². The highest BCUT2D eigenvalue weighted by molar-refractivity contribution is 4.93. The summed E-state index contributed by atoms with van der Waals surface area (Å²) in [6.07, 6.45) is 7.33. The molecule has 1 aliphatic rings. The van der Waals surface area contributed by atoms with E-state index in [0.717, 1.165) is 18.9 Å². The lowest BCUT2D eigenvalue weighted by atomic mass is 9.95. The fourth-order valence-electron chi connectivity index (χ4n) is 2.20. The van der Waals surface area contributed by atoms with E-state index in [-0.39, 0.29) is 5.92 Å². The Kier molecular flexibility index (Phi) is 5.71. The summed E-state index contributed by atoms with van der Waals surface area (Å²) in [5, 5.41) is 12.7. The summed E-state index contributed by atoms with van der Waals surface area (Å²) in [4.78, 5) is 0. The summed E-state index contributed by atoms with van der Waals surface area (Å²) >= 11 is 0. The molecular weight excluding hydrogens is 184 g/mol. The molecule has 1 rings (SSSR count). The molecule has 2 nitrogen and oxygen atoms in total. The molecule has 86 valence electrons. The van der Waals surface area contributed by atoms with Gasteiger partial charge in [0.1, 0.15) is 0 Å². The molecule has 2 heteroatoms. The summed E-state index contributed by atoms with van der Waals surface area (Å²) in [5.74, 6) is 0.976. The van der Waals surface area contributed by atoms with E-state index in [1.807, 2.05) is 0 Å². The van der Waals surface area contributed by atoms with Crippen LogP contribution in [-0.4, -0.2) is 12.6 Å². The minimum Gasteiger partial charge on any atom is -0.312 e. The summed E-state index contributed by atoms with van der Waals surface area (Å²) in [7, 11) is 0. The molecular formula is C13H24N2. The lowest BCUT2D eigenvalue weighted by Gasteiger charge is -2.22. The first-order valence-electron chi connectivity index (χ1n) is 6.41. The molecule has 3 atom stereocenters. The molecule has 1 aliphatic carbocycles. The molecule has 0 saturated heterocycles. The van der Waals surface area contributed by atoms with E-state index in [4.69, 9.17) is 5.26 Å². The zero-order chi connectivity index (χ0) is 11.1. The van der Waals surface area contributed by atoms with Crippen LogP contribution in [-0.2, 0) is 0 Å². The van der Waals surface area contributed by atoms with Gasteiger partial charge in [-0.1, -0.05) is 39.5 Å². The summed E-state index contributed by atoms with van der Waals surface area (Å²) in [5.41, 5.74) is 0. The van der Waals surface area contributed by atoms with Crippen molar-refractivity contribution in [3.63, 3.8) is 0 Å². The van der Waals surface area contributed by atoms with Gasteiger partial charge < -0.3 is 5.32 Å². The average molecular weight is 208 g/mol. The first kappa shape index (κ1) is 12.5. The largest absolute Gasteiger partial charge is 0.312 e. The van der Waals surface area contributed by atoms with Crippen LogP contribution in [0.1, 0.15) is 52.4 Å². The third kappa shape index (κ3) is 4.22. The smallest absolute Gasteiger partial charge is 0.0672 e. The number of rotatable bonds is 4. The molecule has 0 spiro atoms. The lowest BCUT2D eigenvalue weighted by Crippen LogP contribution is -2.37. The third-order valence-electron chi connectivity index (χ3n) is 3.61. The van der Waals surface area contributed by atoms with Gasteiger partial charge in [-0.2, -0.15) is 5.26 Å². The van der Waals surface area contributed by atoms with E-state index in [2.05, 4.69) is 25.2 Å². The van der Waals surface area contributed by atoms with Gasteiger partial charge in [0.25, 0.3) is 0 Å². The Labute approximate surface area is 94.1 Å². The van der Waals surface area contributed by atoms with Crippen LogP contribution in [0.3, 0.4) is 0 Å². The fourth-order valence-corrected chi connectivity index (χ4v) is 2.20. The van der Waals surface area contributed by atoms with Crippen LogP contribution < -0.4 is 5.32 Å². The van der Waals surface area contributed by atoms with E-state index in [9.17, 15) is 0 Å². The van der Waals surface area contributed by atoms with Crippen molar-refractivity contribution in [3.8, 4) is 6.07 Å². The summed E-state index contributed by atoms with van der Waals surface area (Å²) < 4.78 is 0. The first-order valence-corrected chi connectivity index (χ1v) is 6.41. The van der Waals surface area contributed by atoms with Gasteiger partial charge in [-0.25, -0.2) is 0 Å². The molecule has 1 fully saturated rings. The molecule has 0 heterocycles. The second-order valence-corrected chi connectivity index (χ2v) is 4.90. The monoisotopic (exact) mass is 208 g/mol. The van der Waals surface area contributed by atoms with Gasteiger partial charge in [0, 0.05) is 6.04 Å². The van der Waals surface area contributed by atoms with Crippen LogP contribution in [0.25, 0.3) is 0 Å². The average Bonchev–Trinajstić information content (AvgIpc) is 2.50. The van der Waals surface area contributed by atoms with Gasteiger partial charge in [0.15, 0.2) is 0 Å².